The van der Waals surface area contributed by atoms with Gasteiger partial charge in [-0.05, 0) is 48.5 Å². The summed E-state index contributed by atoms with van der Waals surface area (Å²) in [6.07, 6.45) is 1.09. The van der Waals surface area contributed by atoms with Gasteiger partial charge >= 0.3 is 0 Å². The van der Waals surface area contributed by atoms with Crippen molar-refractivity contribution >= 4 is 33.9 Å². The Morgan fingerprint density at radius 2 is 2.35 bits per heavy atom. The molecule has 4 nitrogen and oxygen atoms in total. The molecular formula is C11H14IN3OS. The van der Waals surface area contributed by atoms with E-state index in [9.17, 15) is 0 Å². The quantitative estimate of drug-likeness (QED) is 0.827. The minimum absolute atomic E-state index is 0.105. The molecule has 0 bridgehead atoms. The highest BCUT2D eigenvalue weighted by Crippen LogP contribution is 2.26. The molecule has 2 aromatic rings. The van der Waals surface area contributed by atoms with Gasteiger partial charge in [0.25, 0.3) is 0 Å². The minimum atomic E-state index is 0.105. The Morgan fingerprint density at radius 3 is 3.00 bits per heavy atom. The maximum Gasteiger partial charge on any atom is 0.248 e. The molecule has 0 radical (unpaired) electrons. The SMILES string of the molecule is CCCNC(C)c1nnc(-c2csc(I)c2)o1. The van der Waals surface area contributed by atoms with Crippen LogP contribution < -0.4 is 5.32 Å². The van der Waals surface area contributed by atoms with Crippen molar-refractivity contribution in [3.63, 3.8) is 0 Å². The van der Waals surface area contributed by atoms with E-state index in [1.54, 1.807) is 11.3 Å². The largest absolute Gasteiger partial charge is 0.419 e. The number of nitrogens with zero attached hydrogens (tertiary/aromatic N) is 2. The lowest BCUT2D eigenvalue weighted by molar-refractivity contribution is 0.423. The monoisotopic (exact) mass is 363 g/mol. The summed E-state index contributed by atoms with van der Waals surface area (Å²) in [5.74, 6) is 1.25. The van der Waals surface area contributed by atoms with E-state index in [0.717, 1.165) is 18.5 Å². The normalized spacial score (nSPS) is 12.9. The first kappa shape index (κ1) is 13.0. The van der Waals surface area contributed by atoms with Crippen molar-refractivity contribution in [2.75, 3.05) is 6.54 Å². The Balaban J connectivity index is 2.10. The van der Waals surface area contributed by atoms with Crippen molar-refractivity contribution in [3.8, 4) is 11.5 Å². The molecule has 2 aromatic heterocycles. The standard InChI is InChI=1S/C11H14IN3OS/c1-3-4-13-7(2)10-14-15-11(16-10)8-5-9(12)17-6-8/h5-7,13H,3-4H2,1-2H3. The molecule has 0 aliphatic carbocycles. The highest BCUT2D eigenvalue weighted by molar-refractivity contribution is 14.1. The molecule has 2 rings (SSSR count). The van der Waals surface area contributed by atoms with Gasteiger partial charge in [-0.15, -0.1) is 21.5 Å². The van der Waals surface area contributed by atoms with Crippen LogP contribution in [0.1, 0.15) is 32.2 Å². The Kier molecular flexibility index (Phi) is 4.52. The molecule has 1 N–H and O–H groups in total. The van der Waals surface area contributed by atoms with E-state index in [1.165, 1.54) is 2.88 Å². The van der Waals surface area contributed by atoms with Crippen molar-refractivity contribution in [2.24, 2.45) is 0 Å². The fourth-order valence-corrected chi connectivity index (χ4v) is 2.72. The average molecular weight is 363 g/mol. The predicted octanol–water partition coefficient (Wildman–Crippen LogP) is 3.46. The van der Waals surface area contributed by atoms with Gasteiger partial charge in [-0.25, -0.2) is 0 Å². The van der Waals surface area contributed by atoms with E-state index < -0.39 is 0 Å². The lowest BCUT2D eigenvalue weighted by atomic mass is 10.3. The van der Waals surface area contributed by atoms with Gasteiger partial charge in [-0.1, -0.05) is 6.92 Å². The molecule has 0 saturated carbocycles. The zero-order valence-corrected chi connectivity index (χ0v) is 12.7. The lowest BCUT2D eigenvalue weighted by Crippen LogP contribution is -2.19. The number of halogens is 1. The summed E-state index contributed by atoms with van der Waals surface area (Å²) in [6.45, 7) is 5.12. The molecular weight excluding hydrogens is 349 g/mol. The van der Waals surface area contributed by atoms with E-state index in [2.05, 4.69) is 45.0 Å². The molecule has 0 spiro atoms. The molecule has 0 aliphatic heterocycles. The molecule has 0 saturated heterocycles. The third-order valence-corrected chi connectivity index (χ3v) is 4.11. The number of thiophene rings is 1. The van der Waals surface area contributed by atoms with Crippen LogP contribution in [0, 0.1) is 2.88 Å². The van der Waals surface area contributed by atoms with Crippen LogP contribution in [0.25, 0.3) is 11.5 Å². The van der Waals surface area contributed by atoms with E-state index in [0.29, 0.717) is 11.8 Å². The zero-order valence-electron chi connectivity index (χ0n) is 9.74. The molecule has 1 unspecified atom stereocenters. The lowest BCUT2D eigenvalue weighted by Gasteiger charge is -2.07. The van der Waals surface area contributed by atoms with Crippen LogP contribution in [0.5, 0.6) is 0 Å². The summed E-state index contributed by atoms with van der Waals surface area (Å²) < 4.78 is 6.88. The van der Waals surface area contributed by atoms with Crippen molar-refractivity contribution in [3.05, 3.63) is 20.2 Å². The zero-order chi connectivity index (χ0) is 12.3. The molecule has 1 atom stereocenters. The molecule has 0 fully saturated rings. The van der Waals surface area contributed by atoms with Gasteiger partial charge in [0.1, 0.15) is 0 Å². The molecule has 0 aliphatic rings. The van der Waals surface area contributed by atoms with E-state index >= 15 is 0 Å². The summed E-state index contributed by atoms with van der Waals surface area (Å²) in [7, 11) is 0. The van der Waals surface area contributed by atoms with Gasteiger partial charge in [0.2, 0.25) is 11.8 Å². The molecule has 2 heterocycles. The number of hydrogen-bond acceptors (Lipinski definition) is 5. The van der Waals surface area contributed by atoms with E-state index in [1.807, 2.05) is 18.4 Å². The Hall–Kier alpha value is -0.470. The summed E-state index contributed by atoms with van der Waals surface area (Å²) in [5.41, 5.74) is 1.00. The third-order valence-electron chi connectivity index (χ3n) is 2.33. The molecule has 92 valence electrons. The average Bonchev–Trinajstić information content (AvgIpc) is 2.93. The Bertz CT molecular complexity index is 483. The predicted molar refractivity (Wildman–Crippen MR) is 77.0 cm³/mol. The molecule has 17 heavy (non-hydrogen) atoms. The van der Waals surface area contributed by atoms with Crippen molar-refractivity contribution < 1.29 is 4.42 Å². The Labute approximate surface area is 118 Å². The van der Waals surface area contributed by atoms with Crippen LogP contribution in [0.3, 0.4) is 0 Å². The van der Waals surface area contributed by atoms with Crippen LogP contribution in [0.15, 0.2) is 15.9 Å². The summed E-state index contributed by atoms with van der Waals surface area (Å²) in [4.78, 5) is 0. The second kappa shape index (κ2) is 5.92. The second-order valence-corrected chi connectivity index (χ2v) is 6.57. The second-order valence-electron chi connectivity index (χ2n) is 3.76. The van der Waals surface area contributed by atoms with Crippen LogP contribution in [-0.2, 0) is 0 Å². The topological polar surface area (TPSA) is 51.0 Å². The summed E-state index contributed by atoms with van der Waals surface area (Å²) in [5, 5.41) is 13.5. The highest BCUT2D eigenvalue weighted by Gasteiger charge is 2.14. The maximum absolute atomic E-state index is 5.66. The van der Waals surface area contributed by atoms with Gasteiger partial charge in [-0.2, -0.15) is 0 Å². The van der Waals surface area contributed by atoms with Crippen LogP contribution >= 0.6 is 33.9 Å². The van der Waals surface area contributed by atoms with Crippen molar-refractivity contribution in [1.82, 2.24) is 15.5 Å². The van der Waals surface area contributed by atoms with Gasteiger partial charge in [0.05, 0.1) is 14.5 Å². The fourth-order valence-electron chi connectivity index (χ4n) is 1.40. The van der Waals surface area contributed by atoms with Gasteiger partial charge in [0, 0.05) is 5.38 Å². The van der Waals surface area contributed by atoms with Gasteiger partial charge < -0.3 is 9.73 Å². The molecule has 0 aromatic carbocycles. The summed E-state index contributed by atoms with van der Waals surface area (Å²) in [6, 6.07) is 2.15. The first-order valence-electron chi connectivity index (χ1n) is 5.52. The third kappa shape index (κ3) is 3.26. The van der Waals surface area contributed by atoms with Crippen molar-refractivity contribution in [2.45, 2.75) is 26.3 Å². The fraction of sp³-hybridized carbons (Fsp3) is 0.455. The van der Waals surface area contributed by atoms with Crippen LogP contribution in [0.2, 0.25) is 0 Å². The maximum atomic E-state index is 5.66. The number of rotatable bonds is 5. The highest BCUT2D eigenvalue weighted by atomic mass is 127. The van der Waals surface area contributed by atoms with E-state index in [4.69, 9.17) is 4.42 Å². The molecule has 6 heteroatoms. The first-order chi connectivity index (χ1) is 8.20. The Morgan fingerprint density at radius 1 is 1.53 bits per heavy atom. The smallest absolute Gasteiger partial charge is 0.248 e. The summed E-state index contributed by atoms with van der Waals surface area (Å²) >= 11 is 3.96. The number of hydrogen-bond donors (Lipinski definition) is 1. The number of aromatic nitrogens is 2. The molecule has 0 amide bonds. The van der Waals surface area contributed by atoms with Crippen LogP contribution in [0.4, 0.5) is 0 Å². The van der Waals surface area contributed by atoms with Gasteiger partial charge in [-0.3, -0.25) is 0 Å². The first-order valence-corrected chi connectivity index (χ1v) is 7.47. The van der Waals surface area contributed by atoms with Gasteiger partial charge in [0.15, 0.2) is 0 Å². The number of nitrogens with one attached hydrogen (secondary N) is 1. The van der Waals surface area contributed by atoms with Crippen LogP contribution in [-0.4, -0.2) is 16.7 Å². The minimum Gasteiger partial charge on any atom is -0.419 e. The van der Waals surface area contributed by atoms with E-state index in [-0.39, 0.29) is 6.04 Å². The van der Waals surface area contributed by atoms with Crippen molar-refractivity contribution in [1.29, 1.82) is 0 Å².